The molecule has 0 amide bonds. The van der Waals surface area contributed by atoms with Gasteiger partial charge in [-0.3, -0.25) is 9.36 Å². The molecule has 1 aliphatic carbocycles. The fourth-order valence-electron chi connectivity index (χ4n) is 4.00. The lowest BCUT2D eigenvalue weighted by molar-refractivity contribution is 0.0937. The Morgan fingerprint density at radius 2 is 2.30 bits per heavy atom. The molecule has 0 bridgehead atoms. The van der Waals surface area contributed by atoms with E-state index in [1.807, 2.05) is 11.5 Å². The summed E-state index contributed by atoms with van der Waals surface area (Å²) in [6.07, 6.45) is 5.47. The number of hydrogen-bond donors (Lipinski definition) is 0. The highest BCUT2D eigenvalue weighted by atomic mass is 32.2. The van der Waals surface area contributed by atoms with Gasteiger partial charge in [-0.2, -0.15) is 0 Å². The first-order valence-electron chi connectivity index (χ1n) is 10.0. The predicted octanol–water partition coefficient (Wildman–Crippen LogP) is 3.89. The van der Waals surface area contributed by atoms with Crippen molar-refractivity contribution in [1.82, 2.24) is 9.55 Å². The molecule has 0 saturated carbocycles. The normalized spacial score (nSPS) is 22.4. The number of thiophene rings is 1. The average Bonchev–Trinajstić information content (AvgIpc) is 3.28. The Labute approximate surface area is 168 Å². The van der Waals surface area contributed by atoms with Crippen LogP contribution in [0, 0.1) is 5.92 Å². The quantitative estimate of drug-likeness (QED) is 0.395. The van der Waals surface area contributed by atoms with Crippen molar-refractivity contribution in [2.45, 2.75) is 63.8 Å². The summed E-state index contributed by atoms with van der Waals surface area (Å²) in [5.41, 5.74) is 1.39. The van der Waals surface area contributed by atoms with Crippen LogP contribution in [0.5, 0.6) is 0 Å². The van der Waals surface area contributed by atoms with Crippen molar-refractivity contribution >= 4 is 33.3 Å². The van der Waals surface area contributed by atoms with Gasteiger partial charge in [0, 0.05) is 23.8 Å². The monoisotopic (exact) mass is 408 g/mol. The number of rotatable bonds is 7. The van der Waals surface area contributed by atoms with Crippen LogP contribution >= 0.6 is 23.1 Å². The van der Waals surface area contributed by atoms with Gasteiger partial charge < -0.3 is 9.47 Å². The maximum absolute atomic E-state index is 13.5. The Kier molecular flexibility index (Phi) is 6.21. The summed E-state index contributed by atoms with van der Waals surface area (Å²) in [6, 6.07) is 0. The topological polar surface area (TPSA) is 53.3 Å². The van der Waals surface area contributed by atoms with Crippen molar-refractivity contribution in [3.05, 3.63) is 20.8 Å². The van der Waals surface area contributed by atoms with Crippen LogP contribution in [0.3, 0.4) is 0 Å². The number of thioether (sulfide) groups is 1. The third kappa shape index (κ3) is 4.11. The summed E-state index contributed by atoms with van der Waals surface area (Å²) in [7, 11) is 0. The van der Waals surface area contributed by atoms with Gasteiger partial charge in [0.1, 0.15) is 4.83 Å². The Balaban J connectivity index is 1.72. The van der Waals surface area contributed by atoms with Gasteiger partial charge in [-0.25, -0.2) is 4.98 Å². The minimum Gasteiger partial charge on any atom is -0.381 e. The first-order chi connectivity index (χ1) is 13.2. The highest BCUT2D eigenvalue weighted by Crippen LogP contribution is 2.36. The van der Waals surface area contributed by atoms with E-state index in [2.05, 4.69) is 6.92 Å². The molecule has 0 aromatic carbocycles. The highest BCUT2D eigenvalue weighted by Gasteiger charge is 2.26. The summed E-state index contributed by atoms with van der Waals surface area (Å²) in [5, 5.41) is 1.68. The number of aromatic nitrogens is 2. The maximum atomic E-state index is 13.5. The summed E-state index contributed by atoms with van der Waals surface area (Å²) >= 11 is 3.35. The van der Waals surface area contributed by atoms with Crippen LogP contribution in [0.2, 0.25) is 0 Å². The summed E-state index contributed by atoms with van der Waals surface area (Å²) < 4.78 is 13.2. The molecule has 3 heterocycles. The molecule has 148 valence electrons. The molecule has 1 saturated heterocycles. The van der Waals surface area contributed by atoms with Gasteiger partial charge in [0.25, 0.3) is 5.56 Å². The maximum Gasteiger partial charge on any atom is 0.263 e. The number of hydrogen-bond acceptors (Lipinski definition) is 6. The standard InChI is InChI=1S/C20H28N2O3S2/c1-3-24-9-10-26-20-21-18-17(15-7-6-13(2)11-16(15)27-18)19(23)22(20)12-14-5-4-8-25-14/h13-14H,3-12H2,1-2H3/t13-,14+/m0/s1. The van der Waals surface area contributed by atoms with Crippen LogP contribution in [-0.4, -0.2) is 41.2 Å². The first-order valence-corrected chi connectivity index (χ1v) is 11.8. The van der Waals surface area contributed by atoms with Gasteiger partial charge in [0.2, 0.25) is 0 Å². The number of aryl methyl sites for hydroxylation is 1. The largest absolute Gasteiger partial charge is 0.381 e. The van der Waals surface area contributed by atoms with Crippen LogP contribution in [-0.2, 0) is 28.9 Å². The van der Waals surface area contributed by atoms with Crippen molar-refractivity contribution in [2.75, 3.05) is 25.6 Å². The fourth-order valence-corrected chi connectivity index (χ4v) is 6.29. The van der Waals surface area contributed by atoms with E-state index in [0.29, 0.717) is 25.7 Å². The van der Waals surface area contributed by atoms with Crippen LogP contribution in [0.25, 0.3) is 10.2 Å². The molecule has 7 heteroatoms. The molecule has 0 unspecified atom stereocenters. The lowest BCUT2D eigenvalue weighted by Crippen LogP contribution is -2.29. The van der Waals surface area contributed by atoms with Gasteiger partial charge >= 0.3 is 0 Å². The fraction of sp³-hybridized carbons (Fsp3) is 0.700. The van der Waals surface area contributed by atoms with Crippen LogP contribution in [0.4, 0.5) is 0 Å². The third-order valence-electron chi connectivity index (χ3n) is 5.45. The SMILES string of the molecule is CCOCCSc1nc2sc3c(c2c(=O)n1C[C@H]1CCCO1)CC[C@H](C)C3. The Hall–Kier alpha value is -0.890. The van der Waals surface area contributed by atoms with Gasteiger partial charge in [-0.1, -0.05) is 18.7 Å². The van der Waals surface area contributed by atoms with Gasteiger partial charge in [0.05, 0.1) is 24.6 Å². The van der Waals surface area contributed by atoms with E-state index in [4.69, 9.17) is 14.5 Å². The number of ether oxygens (including phenoxy) is 2. The Bertz CT molecular complexity index is 855. The van der Waals surface area contributed by atoms with Crippen molar-refractivity contribution in [3.8, 4) is 0 Å². The van der Waals surface area contributed by atoms with Crippen molar-refractivity contribution in [2.24, 2.45) is 5.92 Å². The minimum absolute atomic E-state index is 0.126. The molecular formula is C20H28N2O3S2. The molecule has 2 aliphatic rings. The molecule has 2 aromatic rings. The zero-order valence-corrected chi connectivity index (χ0v) is 17.8. The predicted molar refractivity (Wildman–Crippen MR) is 111 cm³/mol. The molecule has 2 atom stereocenters. The van der Waals surface area contributed by atoms with Crippen LogP contribution in [0.15, 0.2) is 9.95 Å². The summed E-state index contributed by atoms with van der Waals surface area (Å²) in [6.45, 7) is 7.09. The lowest BCUT2D eigenvalue weighted by Gasteiger charge is -2.18. The van der Waals surface area contributed by atoms with E-state index in [9.17, 15) is 4.79 Å². The molecule has 2 aromatic heterocycles. The van der Waals surface area contributed by atoms with E-state index in [1.54, 1.807) is 23.1 Å². The number of nitrogens with zero attached hydrogens (tertiary/aromatic N) is 2. The summed E-state index contributed by atoms with van der Waals surface area (Å²) in [5.74, 6) is 1.50. The molecule has 1 aliphatic heterocycles. The molecule has 1 fully saturated rings. The average molecular weight is 409 g/mol. The second-order valence-corrected chi connectivity index (χ2v) is 9.67. The Morgan fingerprint density at radius 1 is 1.41 bits per heavy atom. The zero-order valence-electron chi connectivity index (χ0n) is 16.2. The second kappa shape index (κ2) is 8.64. The van der Waals surface area contributed by atoms with Crippen molar-refractivity contribution in [1.29, 1.82) is 0 Å². The number of fused-ring (bicyclic) bond motifs is 3. The van der Waals surface area contributed by atoms with Crippen molar-refractivity contribution < 1.29 is 9.47 Å². The van der Waals surface area contributed by atoms with Gasteiger partial charge in [-0.05, 0) is 50.5 Å². The van der Waals surface area contributed by atoms with Gasteiger partial charge in [0.15, 0.2) is 5.16 Å². The molecule has 4 rings (SSSR count). The van der Waals surface area contributed by atoms with Crippen LogP contribution in [0.1, 0.15) is 43.6 Å². The van der Waals surface area contributed by atoms with E-state index >= 15 is 0 Å². The van der Waals surface area contributed by atoms with Crippen molar-refractivity contribution in [3.63, 3.8) is 0 Å². The smallest absolute Gasteiger partial charge is 0.263 e. The molecular weight excluding hydrogens is 380 g/mol. The second-order valence-electron chi connectivity index (χ2n) is 7.52. The molecule has 5 nitrogen and oxygen atoms in total. The highest BCUT2D eigenvalue weighted by molar-refractivity contribution is 7.99. The van der Waals surface area contributed by atoms with Gasteiger partial charge in [-0.15, -0.1) is 11.3 Å². The van der Waals surface area contributed by atoms with Crippen LogP contribution < -0.4 is 5.56 Å². The lowest BCUT2D eigenvalue weighted by atomic mass is 9.89. The molecule has 0 N–H and O–H groups in total. The van der Waals surface area contributed by atoms with E-state index < -0.39 is 0 Å². The summed E-state index contributed by atoms with van der Waals surface area (Å²) in [4.78, 5) is 20.7. The Morgan fingerprint density at radius 3 is 3.07 bits per heavy atom. The third-order valence-corrected chi connectivity index (χ3v) is 7.54. The minimum atomic E-state index is 0.126. The first kappa shape index (κ1) is 19.4. The van der Waals surface area contributed by atoms with E-state index in [-0.39, 0.29) is 11.7 Å². The van der Waals surface area contributed by atoms with E-state index in [0.717, 1.165) is 59.8 Å². The zero-order chi connectivity index (χ0) is 18.8. The molecule has 0 radical (unpaired) electrons. The molecule has 0 spiro atoms. The van der Waals surface area contributed by atoms with E-state index in [1.165, 1.54) is 10.4 Å². The molecule has 27 heavy (non-hydrogen) atoms.